The number of nitrogens with zero attached hydrogens (tertiary/aromatic N) is 2. The van der Waals surface area contributed by atoms with Gasteiger partial charge in [0, 0.05) is 28.8 Å². The molecule has 0 aliphatic rings. The van der Waals surface area contributed by atoms with Gasteiger partial charge in [0.15, 0.2) is 0 Å². The van der Waals surface area contributed by atoms with Gasteiger partial charge in [-0.15, -0.1) is 0 Å². The van der Waals surface area contributed by atoms with Gasteiger partial charge in [-0.1, -0.05) is 25.4 Å². The molecule has 0 saturated heterocycles. The van der Waals surface area contributed by atoms with Gasteiger partial charge in [0.2, 0.25) is 0 Å². The topological polar surface area (TPSA) is 184 Å². The van der Waals surface area contributed by atoms with E-state index in [-0.39, 0.29) is 0 Å². The van der Waals surface area contributed by atoms with Gasteiger partial charge < -0.3 is 39.6 Å². The number of phosphoric acid groups is 2. The lowest BCUT2D eigenvalue weighted by molar-refractivity contribution is 0.272. The molecule has 14 heteroatoms. The molecule has 172 valence electrons. The van der Waals surface area contributed by atoms with Crippen LogP contribution in [0.2, 0.25) is 5.02 Å². The van der Waals surface area contributed by atoms with Crippen LogP contribution in [0.15, 0.2) is 30.5 Å². The van der Waals surface area contributed by atoms with E-state index >= 15 is 0 Å². The van der Waals surface area contributed by atoms with Crippen molar-refractivity contribution < 1.29 is 38.5 Å². The lowest BCUT2D eigenvalue weighted by Crippen LogP contribution is -2.25. The summed E-state index contributed by atoms with van der Waals surface area (Å²) in [6.45, 7) is 8.75. The molecule has 2 rings (SSSR count). The molecule has 1 aromatic carbocycles. The van der Waals surface area contributed by atoms with E-state index in [1.165, 1.54) is 0 Å². The normalized spacial score (nSPS) is 11.4. The van der Waals surface area contributed by atoms with Crippen LogP contribution in [0.25, 0.3) is 10.9 Å². The molecule has 0 aliphatic carbocycles. The predicted octanol–water partition coefficient (Wildman–Crippen LogP) is 2.17. The smallest absolute Gasteiger partial charge is 0.384 e. The van der Waals surface area contributed by atoms with E-state index in [1.54, 1.807) is 0 Å². The summed E-state index contributed by atoms with van der Waals surface area (Å²) in [5, 5.41) is 5.35. The van der Waals surface area contributed by atoms with E-state index in [1.807, 2.05) is 30.5 Å². The van der Waals surface area contributed by atoms with Crippen LogP contribution in [-0.4, -0.2) is 65.4 Å². The second kappa shape index (κ2) is 14.1. The molecular weight excluding hydrogens is 460 g/mol. The number of fused-ring (bicyclic) bond motifs is 1. The highest BCUT2D eigenvalue weighted by Gasteiger charge is 2.03. The van der Waals surface area contributed by atoms with Crippen molar-refractivity contribution in [3.63, 3.8) is 0 Å². The summed E-state index contributed by atoms with van der Waals surface area (Å²) < 4.78 is 17.8. The Morgan fingerprint density at radius 3 is 2.03 bits per heavy atom. The minimum Gasteiger partial charge on any atom is -0.384 e. The minimum atomic E-state index is -4.64. The highest BCUT2D eigenvalue weighted by Crippen LogP contribution is 2.26. The molecule has 0 saturated carbocycles. The summed E-state index contributed by atoms with van der Waals surface area (Å²) in [6, 6.07) is 7.86. The minimum absolute atomic E-state index is 0.726. The molecule has 7 N–H and O–H groups in total. The number of halogens is 1. The molecule has 11 nitrogen and oxygen atoms in total. The summed E-state index contributed by atoms with van der Waals surface area (Å²) >= 11 is 6.00. The zero-order valence-electron chi connectivity index (χ0n) is 16.6. The monoisotopic (exact) mass is 487 g/mol. The molecule has 0 fully saturated rings. The zero-order valence-corrected chi connectivity index (χ0v) is 19.1. The number of benzene rings is 1. The Bertz CT molecular complexity index is 821. The standard InChI is InChI=1S/C16H22ClN3.2H3O4P/c1-3-20(4-2)11-5-9-18-15-8-10-19-16-12-13(17)6-7-14(15)16;2*1-5(2,3)4/h6-8,10,12H,3-5,9,11H2,1-2H3,(H,18,19);2*(H3,1,2,3,4). The number of hydrogen-bond donors (Lipinski definition) is 7. The van der Waals surface area contributed by atoms with Gasteiger partial charge in [0.25, 0.3) is 0 Å². The fraction of sp³-hybridized carbons (Fsp3) is 0.438. The maximum absolute atomic E-state index is 8.88. The summed E-state index contributed by atoms with van der Waals surface area (Å²) in [7, 11) is -9.28. The second-order valence-electron chi connectivity index (χ2n) is 5.85. The van der Waals surface area contributed by atoms with E-state index in [0.717, 1.165) is 54.2 Å². The van der Waals surface area contributed by atoms with Gasteiger partial charge in [-0.25, -0.2) is 9.13 Å². The van der Waals surface area contributed by atoms with E-state index in [9.17, 15) is 0 Å². The molecule has 2 aromatic rings. The number of anilines is 1. The maximum atomic E-state index is 8.88. The average Bonchev–Trinajstić information content (AvgIpc) is 2.59. The SMILES string of the molecule is CCN(CC)CCCNc1ccnc2cc(Cl)ccc12.O=P(O)(O)O.O=P(O)(O)O. The molecule has 0 radical (unpaired) electrons. The quantitative estimate of drug-likeness (QED) is 0.224. The van der Waals surface area contributed by atoms with Gasteiger partial charge in [0.05, 0.1) is 5.52 Å². The number of hydrogen-bond acceptors (Lipinski definition) is 5. The highest BCUT2D eigenvalue weighted by atomic mass is 35.5. The van der Waals surface area contributed by atoms with Crippen LogP contribution < -0.4 is 5.32 Å². The first-order valence-corrected chi connectivity index (χ1v) is 12.3. The van der Waals surface area contributed by atoms with Gasteiger partial charge in [-0.05, 0) is 50.3 Å². The van der Waals surface area contributed by atoms with Gasteiger partial charge >= 0.3 is 15.6 Å². The largest absolute Gasteiger partial charge is 0.466 e. The first kappa shape index (κ1) is 28.9. The Labute approximate surface area is 179 Å². The number of rotatable bonds is 7. The molecule has 1 heterocycles. The number of aromatic nitrogens is 1. The van der Waals surface area contributed by atoms with Crippen LogP contribution in [0.3, 0.4) is 0 Å². The van der Waals surface area contributed by atoms with Crippen molar-refractivity contribution in [3.05, 3.63) is 35.5 Å². The Hall–Kier alpha value is -1.10. The van der Waals surface area contributed by atoms with Gasteiger partial charge in [0.1, 0.15) is 0 Å². The summed E-state index contributed by atoms with van der Waals surface area (Å²) in [5.41, 5.74) is 2.07. The van der Waals surface area contributed by atoms with Crippen molar-refractivity contribution in [2.45, 2.75) is 20.3 Å². The fourth-order valence-corrected chi connectivity index (χ4v) is 2.51. The zero-order chi connectivity index (χ0) is 23.4. The highest BCUT2D eigenvalue weighted by molar-refractivity contribution is 7.45. The van der Waals surface area contributed by atoms with Crippen LogP contribution in [0.4, 0.5) is 5.69 Å². The van der Waals surface area contributed by atoms with Crippen LogP contribution in [0.5, 0.6) is 0 Å². The molecule has 0 unspecified atom stereocenters. The van der Waals surface area contributed by atoms with Gasteiger partial charge in [-0.2, -0.15) is 0 Å². The average molecular weight is 488 g/mol. The first-order chi connectivity index (χ1) is 13.7. The maximum Gasteiger partial charge on any atom is 0.466 e. The van der Waals surface area contributed by atoms with Crippen molar-refractivity contribution in [2.24, 2.45) is 0 Å². The molecule has 0 spiro atoms. The second-order valence-corrected chi connectivity index (χ2v) is 8.34. The summed E-state index contributed by atoms with van der Waals surface area (Å²) in [6.07, 6.45) is 2.96. The molecule has 0 aliphatic heterocycles. The van der Waals surface area contributed by atoms with Crippen LogP contribution in [0, 0.1) is 0 Å². The van der Waals surface area contributed by atoms with Crippen molar-refractivity contribution in [2.75, 3.05) is 31.5 Å². The van der Waals surface area contributed by atoms with Crippen molar-refractivity contribution in [1.29, 1.82) is 0 Å². The van der Waals surface area contributed by atoms with Crippen LogP contribution in [0.1, 0.15) is 20.3 Å². The van der Waals surface area contributed by atoms with E-state index in [0.29, 0.717) is 0 Å². The number of pyridine rings is 1. The van der Waals surface area contributed by atoms with E-state index in [2.05, 4.69) is 29.0 Å². The Morgan fingerprint density at radius 1 is 1.00 bits per heavy atom. The molecular formula is C16H28ClN3O8P2. The summed E-state index contributed by atoms with van der Waals surface area (Å²) in [4.78, 5) is 49.9. The molecule has 0 bridgehead atoms. The lowest BCUT2D eigenvalue weighted by atomic mass is 10.2. The van der Waals surface area contributed by atoms with Crippen molar-refractivity contribution in [3.8, 4) is 0 Å². The lowest BCUT2D eigenvalue weighted by Gasteiger charge is -2.18. The molecule has 0 amide bonds. The molecule has 0 atom stereocenters. The number of nitrogens with one attached hydrogen (secondary N) is 1. The third-order valence-corrected chi connectivity index (χ3v) is 3.80. The summed E-state index contributed by atoms with van der Waals surface area (Å²) in [5.74, 6) is 0. The van der Waals surface area contributed by atoms with E-state index < -0.39 is 15.6 Å². The fourth-order valence-electron chi connectivity index (χ4n) is 2.34. The molecule has 30 heavy (non-hydrogen) atoms. The Balaban J connectivity index is 0.000000702. The predicted molar refractivity (Wildman–Crippen MR) is 116 cm³/mol. The Morgan fingerprint density at radius 2 is 1.53 bits per heavy atom. The molecule has 1 aromatic heterocycles. The van der Waals surface area contributed by atoms with Crippen molar-refractivity contribution in [1.82, 2.24) is 9.88 Å². The van der Waals surface area contributed by atoms with E-state index in [4.69, 9.17) is 50.1 Å². The first-order valence-electron chi connectivity index (χ1n) is 8.81. The van der Waals surface area contributed by atoms with Crippen LogP contribution in [-0.2, 0) is 9.13 Å². The Kier molecular flexibility index (Phi) is 13.5. The third kappa shape index (κ3) is 16.7. The third-order valence-electron chi connectivity index (χ3n) is 3.57. The van der Waals surface area contributed by atoms with Gasteiger partial charge in [-0.3, -0.25) is 4.98 Å². The van der Waals surface area contributed by atoms with Crippen LogP contribution >= 0.6 is 27.2 Å². The van der Waals surface area contributed by atoms with Crippen molar-refractivity contribution >= 4 is 43.8 Å².